The molecule has 1 N–H and O–H groups in total. The number of nitrogens with zero attached hydrogens (tertiary/aromatic N) is 2. The number of carbonyl (C=O) groups excluding carboxylic acids is 2. The first-order valence-electron chi connectivity index (χ1n) is 10.6. The Balaban J connectivity index is 1.89. The van der Waals surface area contributed by atoms with Gasteiger partial charge in [0.2, 0.25) is 0 Å². The van der Waals surface area contributed by atoms with E-state index >= 15 is 0 Å². The summed E-state index contributed by atoms with van der Waals surface area (Å²) in [4.78, 5) is 31.8. The van der Waals surface area contributed by atoms with Gasteiger partial charge in [-0.15, -0.1) is 0 Å². The van der Waals surface area contributed by atoms with Crippen molar-refractivity contribution in [2.45, 2.75) is 32.9 Å². The van der Waals surface area contributed by atoms with E-state index in [2.05, 4.69) is 4.98 Å². The van der Waals surface area contributed by atoms with Crippen LogP contribution in [0, 0.1) is 12.7 Å². The largest absolute Gasteiger partial charge is 0.507 e. The zero-order valence-electron chi connectivity index (χ0n) is 18.8. The molecule has 34 heavy (non-hydrogen) atoms. The molecule has 1 unspecified atom stereocenters. The van der Waals surface area contributed by atoms with Crippen LogP contribution in [0.3, 0.4) is 0 Å². The Hall–Kier alpha value is -3.71. The molecule has 6 nitrogen and oxygen atoms in total. The third kappa shape index (κ3) is 4.26. The molecule has 174 valence electrons. The molecule has 0 aliphatic carbocycles. The fraction of sp³-hybridized carbons (Fsp3) is 0.192. The molecule has 0 saturated carbocycles. The average Bonchev–Trinajstić information content (AvgIpc) is 3.07. The van der Waals surface area contributed by atoms with Gasteiger partial charge in [0, 0.05) is 17.4 Å². The first-order valence-corrected chi connectivity index (χ1v) is 11.0. The number of aryl methyl sites for hydroxylation is 1. The van der Waals surface area contributed by atoms with Gasteiger partial charge in [-0.2, -0.15) is 0 Å². The SMILES string of the molecule is Cc1cc(/C(O)=C2\C(=O)C(=O)N(c3ccc(F)c(Cl)c3)C2c2ccccn2)ccc1OC(C)C. The highest BCUT2D eigenvalue weighted by Crippen LogP contribution is 2.42. The summed E-state index contributed by atoms with van der Waals surface area (Å²) in [5, 5.41) is 11.0. The number of aliphatic hydroxyl groups is 1. The average molecular weight is 481 g/mol. The number of ether oxygens (including phenoxy) is 1. The van der Waals surface area contributed by atoms with Gasteiger partial charge in [-0.05, 0) is 74.9 Å². The number of pyridine rings is 1. The summed E-state index contributed by atoms with van der Waals surface area (Å²) in [6.07, 6.45) is 1.49. The van der Waals surface area contributed by atoms with Crippen molar-refractivity contribution in [2.24, 2.45) is 0 Å². The van der Waals surface area contributed by atoms with Gasteiger partial charge >= 0.3 is 0 Å². The Labute approximate surface area is 201 Å². The molecule has 1 amide bonds. The van der Waals surface area contributed by atoms with Crippen molar-refractivity contribution >= 4 is 34.7 Å². The number of halogens is 2. The molecule has 1 fully saturated rings. The number of amides is 1. The first kappa shape index (κ1) is 23.4. The normalized spacial score (nSPS) is 17.5. The van der Waals surface area contributed by atoms with Crippen LogP contribution in [0.2, 0.25) is 5.02 Å². The molecule has 8 heteroatoms. The Bertz CT molecular complexity index is 1310. The zero-order chi connectivity index (χ0) is 24.6. The van der Waals surface area contributed by atoms with E-state index in [1.54, 1.807) is 36.4 Å². The second-order valence-corrected chi connectivity index (χ2v) is 8.58. The van der Waals surface area contributed by atoms with Gasteiger partial charge in [0.25, 0.3) is 11.7 Å². The highest BCUT2D eigenvalue weighted by Gasteiger charge is 2.47. The standard InChI is InChI=1S/C26H22ClFN2O4/c1-14(2)34-21-10-7-16(12-15(21)3)24(31)22-23(20-6-4-5-11-29-20)30(26(33)25(22)32)17-8-9-19(28)18(27)13-17/h4-14,23,31H,1-3H3/b24-22+. The molecule has 1 aromatic heterocycles. The van der Waals surface area contributed by atoms with E-state index in [4.69, 9.17) is 16.3 Å². The molecule has 4 rings (SSSR count). The van der Waals surface area contributed by atoms with Gasteiger partial charge in [0.1, 0.15) is 23.4 Å². The minimum atomic E-state index is -1.03. The van der Waals surface area contributed by atoms with Crippen LogP contribution in [-0.2, 0) is 9.59 Å². The van der Waals surface area contributed by atoms with Crippen LogP contribution in [0.1, 0.15) is 36.7 Å². The number of hydrogen-bond acceptors (Lipinski definition) is 5. The van der Waals surface area contributed by atoms with E-state index in [0.717, 1.165) is 11.6 Å². The van der Waals surface area contributed by atoms with E-state index in [0.29, 0.717) is 17.0 Å². The van der Waals surface area contributed by atoms with E-state index in [9.17, 15) is 19.1 Å². The van der Waals surface area contributed by atoms with Gasteiger partial charge in [0.15, 0.2) is 0 Å². The lowest BCUT2D eigenvalue weighted by molar-refractivity contribution is -0.132. The number of hydrogen-bond donors (Lipinski definition) is 1. The molecule has 1 aliphatic rings. The third-order valence-electron chi connectivity index (χ3n) is 5.40. The van der Waals surface area contributed by atoms with Gasteiger partial charge in [-0.1, -0.05) is 17.7 Å². The Morgan fingerprint density at radius 3 is 2.53 bits per heavy atom. The zero-order valence-corrected chi connectivity index (χ0v) is 19.5. The number of ketones is 1. The number of rotatable bonds is 5. The van der Waals surface area contributed by atoms with E-state index in [-0.39, 0.29) is 28.1 Å². The number of benzene rings is 2. The molecular formula is C26H22ClFN2O4. The number of carbonyl (C=O) groups is 2. The number of anilines is 1. The fourth-order valence-electron chi connectivity index (χ4n) is 3.89. The smallest absolute Gasteiger partial charge is 0.300 e. The monoisotopic (exact) mass is 480 g/mol. The quantitative estimate of drug-likeness (QED) is 0.292. The summed E-state index contributed by atoms with van der Waals surface area (Å²) >= 11 is 5.95. The van der Waals surface area contributed by atoms with Crippen molar-refractivity contribution in [1.82, 2.24) is 4.98 Å². The number of aliphatic hydroxyl groups excluding tert-OH is 1. The summed E-state index contributed by atoms with van der Waals surface area (Å²) in [6, 6.07) is 12.8. The lowest BCUT2D eigenvalue weighted by Gasteiger charge is -2.24. The fourth-order valence-corrected chi connectivity index (χ4v) is 4.06. The van der Waals surface area contributed by atoms with Crippen molar-refractivity contribution in [3.63, 3.8) is 0 Å². The van der Waals surface area contributed by atoms with Crippen molar-refractivity contribution in [3.05, 3.63) is 94.0 Å². The molecule has 0 bridgehead atoms. The van der Waals surface area contributed by atoms with Crippen molar-refractivity contribution in [1.29, 1.82) is 0 Å². The molecule has 0 radical (unpaired) electrons. The third-order valence-corrected chi connectivity index (χ3v) is 5.69. The molecule has 1 saturated heterocycles. The van der Waals surface area contributed by atoms with Crippen LogP contribution in [-0.4, -0.2) is 27.9 Å². The maximum atomic E-state index is 13.8. The van der Waals surface area contributed by atoms with Crippen LogP contribution >= 0.6 is 11.6 Å². The molecule has 2 heterocycles. The summed E-state index contributed by atoms with van der Waals surface area (Å²) in [5.41, 5.74) is 1.55. The lowest BCUT2D eigenvalue weighted by Crippen LogP contribution is -2.29. The van der Waals surface area contributed by atoms with Crippen LogP contribution in [0.15, 0.2) is 66.4 Å². The van der Waals surface area contributed by atoms with Gasteiger partial charge in [-0.25, -0.2) is 4.39 Å². The second-order valence-electron chi connectivity index (χ2n) is 8.17. The molecule has 1 atom stereocenters. The van der Waals surface area contributed by atoms with Gasteiger partial charge in [0.05, 0.1) is 22.4 Å². The Kier molecular flexibility index (Phi) is 6.39. The molecular weight excluding hydrogens is 459 g/mol. The maximum absolute atomic E-state index is 13.8. The Morgan fingerprint density at radius 1 is 1.15 bits per heavy atom. The van der Waals surface area contributed by atoms with Crippen LogP contribution < -0.4 is 9.64 Å². The minimum absolute atomic E-state index is 0.0323. The highest BCUT2D eigenvalue weighted by molar-refractivity contribution is 6.51. The predicted molar refractivity (Wildman–Crippen MR) is 127 cm³/mol. The van der Waals surface area contributed by atoms with Crippen LogP contribution in [0.25, 0.3) is 5.76 Å². The van der Waals surface area contributed by atoms with E-state index in [1.807, 2.05) is 20.8 Å². The van der Waals surface area contributed by atoms with Crippen molar-refractivity contribution in [2.75, 3.05) is 4.90 Å². The summed E-state index contributed by atoms with van der Waals surface area (Å²) in [5.74, 6) is -2.11. The number of Topliss-reactive ketones (excluding diaryl/α,β-unsaturated/α-hetero) is 1. The molecule has 3 aromatic rings. The van der Waals surface area contributed by atoms with Crippen LogP contribution in [0.4, 0.5) is 10.1 Å². The van der Waals surface area contributed by atoms with Gasteiger partial charge in [-0.3, -0.25) is 19.5 Å². The summed E-state index contributed by atoms with van der Waals surface area (Å²) in [6.45, 7) is 5.64. The minimum Gasteiger partial charge on any atom is -0.507 e. The van der Waals surface area contributed by atoms with Crippen LogP contribution in [0.5, 0.6) is 5.75 Å². The molecule has 1 aliphatic heterocycles. The van der Waals surface area contributed by atoms with Crippen molar-refractivity contribution in [3.8, 4) is 5.75 Å². The van der Waals surface area contributed by atoms with Crippen molar-refractivity contribution < 1.29 is 23.8 Å². The first-order chi connectivity index (χ1) is 16.2. The lowest BCUT2D eigenvalue weighted by atomic mass is 9.97. The topological polar surface area (TPSA) is 79.7 Å². The summed E-state index contributed by atoms with van der Waals surface area (Å²) < 4.78 is 19.5. The maximum Gasteiger partial charge on any atom is 0.300 e. The number of aromatic nitrogens is 1. The van der Waals surface area contributed by atoms with Gasteiger partial charge < -0.3 is 9.84 Å². The van der Waals surface area contributed by atoms with E-state index < -0.39 is 23.5 Å². The molecule has 2 aromatic carbocycles. The highest BCUT2D eigenvalue weighted by atomic mass is 35.5. The summed E-state index contributed by atoms with van der Waals surface area (Å²) in [7, 11) is 0. The Morgan fingerprint density at radius 2 is 1.91 bits per heavy atom. The predicted octanol–water partition coefficient (Wildman–Crippen LogP) is 5.60. The van der Waals surface area contributed by atoms with E-state index in [1.165, 1.54) is 23.2 Å². The second kappa shape index (κ2) is 9.27. The molecule has 0 spiro atoms.